The minimum absolute atomic E-state index is 0.371. The molecule has 20 heavy (non-hydrogen) atoms. The molecule has 1 aromatic carbocycles. The van der Waals surface area contributed by atoms with Crippen molar-refractivity contribution in [1.29, 1.82) is 0 Å². The molecule has 0 spiro atoms. The summed E-state index contributed by atoms with van der Waals surface area (Å²) in [5, 5.41) is 4.84. The zero-order chi connectivity index (χ0) is 13.9. The molecule has 1 heterocycles. The Hall–Kier alpha value is -1.28. The molecule has 1 aromatic heterocycles. The van der Waals surface area contributed by atoms with Gasteiger partial charge in [0.15, 0.2) is 0 Å². The highest BCUT2D eigenvalue weighted by Gasteiger charge is 2.23. The van der Waals surface area contributed by atoms with E-state index >= 15 is 0 Å². The summed E-state index contributed by atoms with van der Waals surface area (Å²) in [5.41, 5.74) is 2.31. The largest absolute Gasteiger partial charge is 0.459 e. The van der Waals surface area contributed by atoms with Crippen molar-refractivity contribution >= 4 is 11.0 Å². The summed E-state index contributed by atoms with van der Waals surface area (Å²) in [5.74, 6) is 1.98. The zero-order valence-corrected chi connectivity index (χ0v) is 12.6. The smallest absolute Gasteiger partial charge is 0.134 e. The number of nitrogens with one attached hydrogen (secondary N) is 1. The number of hydrogen-bond donors (Lipinski definition) is 1. The molecular formula is C18H25NO. The summed E-state index contributed by atoms with van der Waals surface area (Å²) >= 11 is 0. The molecule has 2 aromatic rings. The van der Waals surface area contributed by atoms with Gasteiger partial charge in [0, 0.05) is 5.39 Å². The summed E-state index contributed by atoms with van der Waals surface area (Å²) < 4.78 is 6.09. The Balaban J connectivity index is 1.83. The van der Waals surface area contributed by atoms with Crippen molar-refractivity contribution in [2.75, 3.05) is 6.54 Å². The maximum Gasteiger partial charge on any atom is 0.134 e. The van der Waals surface area contributed by atoms with Gasteiger partial charge in [0.1, 0.15) is 11.3 Å². The highest BCUT2D eigenvalue weighted by Crippen LogP contribution is 2.34. The molecule has 0 saturated heterocycles. The van der Waals surface area contributed by atoms with E-state index in [4.69, 9.17) is 4.42 Å². The highest BCUT2D eigenvalue weighted by molar-refractivity contribution is 5.78. The lowest BCUT2D eigenvalue weighted by molar-refractivity contribution is 0.354. The standard InChI is InChI=1S/C18H25NO/c1-3-19-16(11-14-6-4-5-7-14)18-12-15-10-13(2)8-9-17(15)20-18/h8-10,12,14,16,19H,3-7,11H2,1-2H3. The van der Waals surface area contributed by atoms with Gasteiger partial charge in [-0.15, -0.1) is 0 Å². The Labute approximate surface area is 121 Å². The zero-order valence-electron chi connectivity index (χ0n) is 12.6. The maximum atomic E-state index is 6.09. The molecule has 0 amide bonds. The molecule has 0 bridgehead atoms. The number of hydrogen-bond acceptors (Lipinski definition) is 2. The van der Waals surface area contributed by atoms with Crippen molar-refractivity contribution in [2.45, 2.75) is 52.0 Å². The first kappa shape index (κ1) is 13.7. The lowest BCUT2D eigenvalue weighted by atomic mass is 9.96. The highest BCUT2D eigenvalue weighted by atomic mass is 16.3. The van der Waals surface area contributed by atoms with Crippen LogP contribution in [0.3, 0.4) is 0 Å². The number of furan rings is 1. The van der Waals surface area contributed by atoms with E-state index in [-0.39, 0.29) is 0 Å². The van der Waals surface area contributed by atoms with Gasteiger partial charge < -0.3 is 9.73 Å². The van der Waals surface area contributed by atoms with Crippen molar-refractivity contribution in [3.05, 3.63) is 35.6 Å². The van der Waals surface area contributed by atoms with Crippen molar-refractivity contribution in [3.8, 4) is 0 Å². The van der Waals surface area contributed by atoms with Crippen LogP contribution in [0.2, 0.25) is 0 Å². The second-order valence-corrected chi connectivity index (χ2v) is 6.19. The van der Waals surface area contributed by atoms with Gasteiger partial charge in [-0.1, -0.05) is 44.2 Å². The van der Waals surface area contributed by atoms with Gasteiger partial charge in [0.05, 0.1) is 6.04 Å². The molecular weight excluding hydrogens is 246 g/mol. The van der Waals surface area contributed by atoms with Crippen molar-refractivity contribution in [1.82, 2.24) is 5.32 Å². The number of rotatable bonds is 5. The number of aryl methyl sites for hydroxylation is 1. The first-order valence-electron chi connectivity index (χ1n) is 7.99. The van der Waals surface area contributed by atoms with Crippen LogP contribution >= 0.6 is 0 Å². The van der Waals surface area contributed by atoms with Crippen molar-refractivity contribution < 1.29 is 4.42 Å². The van der Waals surface area contributed by atoms with Crippen LogP contribution in [-0.2, 0) is 0 Å². The van der Waals surface area contributed by atoms with Crippen LogP contribution in [0.5, 0.6) is 0 Å². The predicted molar refractivity (Wildman–Crippen MR) is 83.9 cm³/mol. The minimum atomic E-state index is 0.371. The molecule has 108 valence electrons. The van der Waals surface area contributed by atoms with Crippen molar-refractivity contribution in [2.24, 2.45) is 5.92 Å². The van der Waals surface area contributed by atoms with E-state index < -0.39 is 0 Å². The van der Waals surface area contributed by atoms with Crippen LogP contribution in [0.1, 0.15) is 56.4 Å². The van der Waals surface area contributed by atoms with E-state index in [1.807, 2.05) is 0 Å². The van der Waals surface area contributed by atoms with Gasteiger partial charge >= 0.3 is 0 Å². The molecule has 0 radical (unpaired) electrons. The van der Waals surface area contributed by atoms with E-state index in [2.05, 4.69) is 43.4 Å². The fourth-order valence-corrected chi connectivity index (χ4v) is 3.48. The molecule has 2 heteroatoms. The third-order valence-corrected chi connectivity index (χ3v) is 4.53. The van der Waals surface area contributed by atoms with Gasteiger partial charge in [0.2, 0.25) is 0 Å². The van der Waals surface area contributed by atoms with E-state index in [0.717, 1.165) is 23.8 Å². The van der Waals surface area contributed by atoms with Crippen LogP contribution in [-0.4, -0.2) is 6.54 Å². The third kappa shape index (κ3) is 2.90. The fraction of sp³-hybridized carbons (Fsp3) is 0.556. The summed E-state index contributed by atoms with van der Waals surface area (Å²) in [4.78, 5) is 0. The second-order valence-electron chi connectivity index (χ2n) is 6.19. The van der Waals surface area contributed by atoms with Crippen LogP contribution < -0.4 is 5.32 Å². The van der Waals surface area contributed by atoms with Crippen LogP contribution in [0, 0.1) is 12.8 Å². The molecule has 1 N–H and O–H groups in total. The third-order valence-electron chi connectivity index (χ3n) is 4.53. The lowest BCUT2D eigenvalue weighted by Crippen LogP contribution is -2.22. The second kappa shape index (κ2) is 6.01. The summed E-state index contributed by atoms with van der Waals surface area (Å²) in [6, 6.07) is 9.02. The number of fused-ring (bicyclic) bond motifs is 1. The Bertz CT molecular complexity index is 566. The minimum Gasteiger partial charge on any atom is -0.459 e. The van der Waals surface area contributed by atoms with Crippen molar-refractivity contribution in [3.63, 3.8) is 0 Å². The quantitative estimate of drug-likeness (QED) is 0.830. The van der Waals surface area contributed by atoms with E-state index in [0.29, 0.717) is 6.04 Å². The molecule has 1 atom stereocenters. The summed E-state index contributed by atoms with van der Waals surface area (Å²) in [7, 11) is 0. The number of benzene rings is 1. The maximum absolute atomic E-state index is 6.09. The molecule has 2 nitrogen and oxygen atoms in total. The Morgan fingerprint density at radius 1 is 1.25 bits per heavy atom. The molecule has 1 saturated carbocycles. The molecule has 1 unspecified atom stereocenters. The van der Waals surface area contributed by atoms with E-state index in [1.54, 1.807) is 0 Å². The SMILES string of the molecule is CCNC(CC1CCCC1)c1cc2cc(C)ccc2o1. The topological polar surface area (TPSA) is 25.2 Å². The Morgan fingerprint density at radius 2 is 2.05 bits per heavy atom. The Kier molecular flexibility index (Phi) is 4.11. The normalized spacial score (nSPS) is 17.9. The molecule has 1 aliphatic rings. The monoisotopic (exact) mass is 271 g/mol. The average molecular weight is 271 g/mol. The van der Waals surface area contributed by atoms with Gasteiger partial charge in [-0.25, -0.2) is 0 Å². The van der Waals surface area contributed by atoms with Gasteiger partial charge in [-0.3, -0.25) is 0 Å². The first-order valence-corrected chi connectivity index (χ1v) is 7.99. The van der Waals surface area contributed by atoms with Gasteiger partial charge in [-0.05, 0) is 44.0 Å². The van der Waals surface area contributed by atoms with Crippen LogP contribution in [0.25, 0.3) is 11.0 Å². The van der Waals surface area contributed by atoms with Gasteiger partial charge in [0.25, 0.3) is 0 Å². The summed E-state index contributed by atoms with van der Waals surface area (Å²) in [6.07, 6.45) is 6.81. The predicted octanol–water partition coefficient (Wildman–Crippen LogP) is 4.97. The molecule has 3 rings (SSSR count). The van der Waals surface area contributed by atoms with Gasteiger partial charge in [-0.2, -0.15) is 0 Å². The summed E-state index contributed by atoms with van der Waals surface area (Å²) in [6.45, 7) is 5.30. The first-order chi connectivity index (χ1) is 9.76. The molecule has 1 aliphatic carbocycles. The van der Waals surface area contributed by atoms with E-state index in [1.165, 1.54) is 43.1 Å². The average Bonchev–Trinajstić information content (AvgIpc) is 3.06. The van der Waals surface area contributed by atoms with Crippen LogP contribution in [0.4, 0.5) is 0 Å². The lowest BCUT2D eigenvalue weighted by Gasteiger charge is -2.19. The van der Waals surface area contributed by atoms with E-state index in [9.17, 15) is 0 Å². The molecule has 1 fully saturated rings. The molecule has 0 aliphatic heterocycles. The van der Waals surface area contributed by atoms with Crippen LogP contribution in [0.15, 0.2) is 28.7 Å². The fourth-order valence-electron chi connectivity index (χ4n) is 3.48. The Morgan fingerprint density at radius 3 is 2.80 bits per heavy atom.